The first-order valence-electron chi connectivity index (χ1n) is 12.8. The van der Waals surface area contributed by atoms with E-state index in [0.29, 0.717) is 0 Å². The third kappa shape index (κ3) is 6.99. The van der Waals surface area contributed by atoms with Crippen LogP contribution in [0.15, 0.2) is 156 Å². The van der Waals surface area contributed by atoms with E-state index in [2.05, 4.69) is 134 Å². The third-order valence-electron chi connectivity index (χ3n) is 6.14. The van der Waals surface area contributed by atoms with Crippen LogP contribution < -0.4 is 21.2 Å². The quantitative estimate of drug-likeness (QED) is 0.134. The highest BCUT2D eigenvalue weighted by Gasteiger charge is 2.13. The number of nitrogens with zero attached hydrogens (tertiary/aromatic N) is 2. The van der Waals surface area contributed by atoms with Crippen molar-refractivity contribution in [3.05, 3.63) is 146 Å². The molecule has 5 aromatic carbocycles. The Kier molecular flexibility index (Phi) is 9.37. The predicted octanol–water partition coefficient (Wildman–Crippen LogP) is 7.36. The lowest BCUT2D eigenvalue weighted by molar-refractivity contribution is 1.45. The van der Waals surface area contributed by atoms with E-state index < -0.39 is 15.8 Å². The summed E-state index contributed by atoms with van der Waals surface area (Å²) in [6.45, 7) is 0. The van der Waals surface area contributed by atoms with Crippen molar-refractivity contribution in [2.45, 2.75) is 0 Å². The Hall–Kier alpha value is -3.70. The van der Waals surface area contributed by atoms with Gasteiger partial charge in [-0.3, -0.25) is 9.98 Å². The van der Waals surface area contributed by atoms with Crippen LogP contribution in [0.3, 0.4) is 0 Å². The Bertz CT molecular complexity index is 1260. The zero-order chi connectivity index (χ0) is 25.8. The number of benzene rings is 5. The van der Waals surface area contributed by atoms with Gasteiger partial charge >= 0.3 is 0 Å². The Morgan fingerprint density at radius 1 is 0.368 bits per heavy atom. The van der Waals surface area contributed by atoms with Crippen molar-refractivity contribution in [1.82, 2.24) is 0 Å². The van der Waals surface area contributed by atoms with Crippen molar-refractivity contribution in [3.63, 3.8) is 0 Å². The zero-order valence-electron chi connectivity index (χ0n) is 21.2. The summed E-state index contributed by atoms with van der Waals surface area (Å²) in [6, 6.07) is 51.2. The molecule has 0 N–H and O–H groups in total. The molecule has 0 radical (unpaired) electrons. The molecule has 0 bridgehead atoms. The molecular weight excluding hydrogens is 498 g/mol. The van der Waals surface area contributed by atoms with Crippen LogP contribution in [0.5, 0.6) is 0 Å². The molecule has 4 heteroatoms. The number of para-hydroxylation sites is 2. The number of hydrogen-bond acceptors (Lipinski definition) is 2. The van der Waals surface area contributed by atoms with Gasteiger partial charge < -0.3 is 0 Å². The summed E-state index contributed by atoms with van der Waals surface area (Å²) in [5, 5.41) is 5.45. The van der Waals surface area contributed by atoms with Crippen LogP contribution >= 0.6 is 15.8 Å². The normalized spacial score (nSPS) is 11.6. The topological polar surface area (TPSA) is 24.7 Å². The molecule has 5 rings (SSSR count). The van der Waals surface area contributed by atoms with Gasteiger partial charge in [0.15, 0.2) is 0 Å². The Balaban J connectivity index is 1.33. The lowest BCUT2D eigenvalue weighted by Crippen LogP contribution is -2.14. The second-order valence-corrected chi connectivity index (χ2v) is 13.2. The molecule has 0 aliphatic rings. The highest BCUT2D eigenvalue weighted by atomic mass is 31.1. The van der Waals surface area contributed by atoms with Crippen LogP contribution in [0.2, 0.25) is 0 Å². The van der Waals surface area contributed by atoms with Gasteiger partial charge in [0.25, 0.3) is 0 Å². The van der Waals surface area contributed by atoms with E-state index >= 15 is 0 Å². The third-order valence-corrected chi connectivity index (χ3v) is 10.9. The van der Waals surface area contributed by atoms with Gasteiger partial charge in [-0.15, -0.1) is 0 Å². The molecule has 2 nitrogen and oxygen atoms in total. The molecule has 0 saturated heterocycles. The fourth-order valence-electron chi connectivity index (χ4n) is 4.28. The average molecular weight is 529 g/mol. The van der Waals surface area contributed by atoms with Gasteiger partial charge in [0.2, 0.25) is 0 Å². The first-order chi connectivity index (χ1) is 18.9. The summed E-state index contributed by atoms with van der Waals surface area (Å²) in [4.78, 5) is 9.79. The molecule has 0 aromatic heterocycles. The molecule has 5 aromatic rings. The maximum Gasteiger partial charge on any atom is 0.0882 e. The van der Waals surface area contributed by atoms with Crippen LogP contribution in [0, 0.1) is 0 Å². The minimum absolute atomic E-state index is 0.513. The molecular formula is C34H30N2P2. The summed E-state index contributed by atoms with van der Waals surface area (Å²) < 4.78 is 0. The van der Waals surface area contributed by atoms with E-state index in [-0.39, 0.29) is 0 Å². The lowest BCUT2D eigenvalue weighted by Gasteiger charge is -2.16. The van der Waals surface area contributed by atoms with Gasteiger partial charge in [0.1, 0.15) is 0 Å². The van der Waals surface area contributed by atoms with Gasteiger partial charge in [-0.2, -0.15) is 0 Å². The Labute approximate surface area is 228 Å². The fraction of sp³-hybridized carbons (Fsp3) is 0.0588. The van der Waals surface area contributed by atoms with Gasteiger partial charge in [0.05, 0.1) is 11.4 Å². The van der Waals surface area contributed by atoms with E-state index in [0.717, 1.165) is 23.7 Å². The van der Waals surface area contributed by atoms with E-state index in [9.17, 15) is 0 Å². The average Bonchev–Trinajstić information content (AvgIpc) is 3.00. The summed E-state index contributed by atoms with van der Waals surface area (Å²) in [5.74, 6) is 0. The van der Waals surface area contributed by atoms with Crippen molar-refractivity contribution >= 4 is 60.9 Å². The van der Waals surface area contributed by atoms with Crippen molar-refractivity contribution in [2.24, 2.45) is 9.98 Å². The minimum atomic E-state index is -0.513. The second kappa shape index (κ2) is 13.7. The maximum atomic E-state index is 4.89. The molecule has 0 atom stereocenters. The summed E-state index contributed by atoms with van der Waals surface area (Å²) in [6.07, 6.45) is 5.91. The van der Waals surface area contributed by atoms with Gasteiger partial charge in [-0.1, -0.05) is 133 Å². The molecule has 0 unspecified atom stereocenters. The van der Waals surface area contributed by atoms with Crippen molar-refractivity contribution in [1.29, 1.82) is 0 Å². The van der Waals surface area contributed by atoms with E-state index in [1.807, 2.05) is 24.3 Å². The second-order valence-electron chi connectivity index (χ2n) is 8.68. The molecule has 0 amide bonds. The zero-order valence-corrected chi connectivity index (χ0v) is 23.0. The molecule has 186 valence electrons. The molecule has 0 heterocycles. The largest absolute Gasteiger partial charge is 0.259 e. The van der Waals surface area contributed by atoms with Gasteiger partial charge in [0, 0.05) is 24.8 Å². The van der Waals surface area contributed by atoms with Crippen LogP contribution in [0.1, 0.15) is 0 Å². The first-order valence-corrected chi connectivity index (χ1v) is 15.8. The number of rotatable bonds is 10. The SMILES string of the molecule is C(CP(c1ccccc1)c1ccccc1)=Nc1ccccc1N=CCP(c1ccccc1)c1ccccc1. The molecule has 0 fully saturated rings. The highest BCUT2D eigenvalue weighted by molar-refractivity contribution is 7.74. The van der Waals surface area contributed by atoms with Crippen molar-refractivity contribution < 1.29 is 0 Å². The Morgan fingerprint density at radius 3 is 0.921 bits per heavy atom. The van der Waals surface area contributed by atoms with Crippen LogP contribution in [-0.4, -0.2) is 24.8 Å². The molecule has 0 aliphatic heterocycles. The smallest absolute Gasteiger partial charge is 0.0882 e. The van der Waals surface area contributed by atoms with Crippen molar-refractivity contribution in [3.8, 4) is 0 Å². The molecule has 38 heavy (non-hydrogen) atoms. The standard InChI is InChI=1S/C34H30N2P2/c1-5-15-29(16-6-1)37(30-17-7-2-8-18-30)27-25-35-33-23-13-14-24-34(33)36-26-28-38(31-19-9-3-10-20-31)32-21-11-4-12-22-32/h1-26H,27-28H2. The lowest BCUT2D eigenvalue weighted by atomic mass is 10.3. The van der Waals surface area contributed by atoms with Gasteiger partial charge in [-0.05, 0) is 49.2 Å². The first kappa shape index (κ1) is 25.9. The predicted molar refractivity (Wildman–Crippen MR) is 171 cm³/mol. The Morgan fingerprint density at radius 2 is 0.632 bits per heavy atom. The van der Waals surface area contributed by atoms with Crippen LogP contribution in [-0.2, 0) is 0 Å². The van der Waals surface area contributed by atoms with E-state index in [4.69, 9.17) is 9.98 Å². The number of hydrogen-bond donors (Lipinski definition) is 0. The van der Waals surface area contributed by atoms with Gasteiger partial charge in [-0.25, -0.2) is 0 Å². The van der Waals surface area contributed by atoms with Crippen LogP contribution in [0.4, 0.5) is 11.4 Å². The summed E-state index contributed by atoms with van der Waals surface area (Å²) in [7, 11) is -1.03. The molecule has 0 saturated carbocycles. The van der Waals surface area contributed by atoms with Crippen molar-refractivity contribution in [2.75, 3.05) is 12.3 Å². The highest BCUT2D eigenvalue weighted by Crippen LogP contribution is 2.35. The minimum Gasteiger partial charge on any atom is -0.259 e. The molecule has 0 spiro atoms. The fourth-order valence-corrected chi connectivity index (χ4v) is 8.33. The summed E-state index contributed by atoms with van der Waals surface area (Å²) in [5.41, 5.74) is 1.81. The van der Waals surface area contributed by atoms with E-state index in [1.54, 1.807) is 0 Å². The summed E-state index contributed by atoms with van der Waals surface area (Å²) >= 11 is 0. The monoisotopic (exact) mass is 528 g/mol. The van der Waals surface area contributed by atoms with E-state index in [1.165, 1.54) is 21.2 Å². The maximum absolute atomic E-state index is 4.89. The molecule has 0 aliphatic carbocycles. The number of aliphatic imine (C=N–C) groups is 2. The van der Waals surface area contributed by atoms with Crippen LogP contribution in [0.25, 0.3) is 0 Å².